The lowest BCUT2D eigenvalue weighted by atomic mass is 10.1. The molecule has 0 radical (unpaired) electrons. The minimum atomic E-state index is -4.47. The van der Waals surface area contributed by atoms with Gasteiger partial charge in [0.1, 0.15) is 5.82 Å². The zero-order valence-corrected chi connectivity index (χ0v) is 15.7. The third kappa shape index (κ3) is 4.80. The molecule has 10 heteroatoms. The van der Waals surface area contributed by atoms with Crippen molar-refractivity contribution in [1.29, 1.82) is 0 Å². The van der Waals surface area contributed by atoms with E-state index in [1.54, 1.807) is 18.2 Å². The first kappa shape index (κ1) is 20.5. The Morgan fingerprint density at radius 3 is 2.45 bits per heavy atom. The van der Waals surface area contributed by atoms with Crippen LogP contribution in [0.5, 0.6) is 0 Å². The molecule has 0 fully saturated rings. The quantitative estimate of drug-likeness (QED) is 0.674. The van der Waals surface area contributed by atoms with E-state index in [9.17, 15) is 22.8 Å². The van der Waals surface area contributed by atoms with E-state index in [0.29, 0.717) is 11.1 Å². The number of H-pyrrole nitrogens is 1. The maximum Gasteiger partial charge on any atom is 0.416 e. The van der Waals surface area contributed by atoms with Gasteiger partial charge in [0.25, 0.3) is 0 Å². The lowest BCUT2D eigenvalue weighted by Crippen LogP contribution is -2.20. The standard InChI is InChI=1S/C19H14ClF3N4O2/c1-24-15(28)9-10-2-7-14(20)13(8-10)17-25-16(26-18(29)27-17)11-3-5-12(6-4-11)19(21,22)23/h2-8H,9H2,1H3,(H,24,28)(H,25,26,27,29). The summed E-state index contributed by atoms with van der Waals surface area (Å²) in [6.07, 6.45) is -4.38. The molecule has 0 saturated carbocycles. The molecule has 0 saturated heterocycles. The van der Waals surface area contributed by atoms with E-state index in [0.717, 1.165) is 12.1 Å². The molecule has 0 spiro atoms. The Morgan fingerprint density at radius 1 is 1.14 bits per heavy atom. The highest BCUT2D eigenvalue weighted by Gasteiger charge is 2.30. The predicted octanol–water partition coefficient (Wildman–Crippen LogP) is 3.46. The molecule has 3 rings (SSSR count). The van der Waals surface area contributed by atoms with Crippen molar-refractivity contribution >= 4 is 17.5 Å². The van der Waals surface area contributed by atoms with Crippen molar-refractivity contribution < 1.29 is 18.0 Å². The Hall–Kier alpha value is -3.20. The number of alkyl halides is 3. The van der Waals surface area contributed by atoms with Gasteiger partial charge < -0.3 is 5.32 Å². The molecular formula is C19H14ClF3N4O2. The number of nitrogens with zero attached hydrogens (tertiary/aromatic N) is 2. The fourth-order valence-corrected chi connectivity index (χ4v) is 2.79. The molecule has 1 aromatic heterocycles. The molecule has 29 heavy (non-hydrogen) atoms. The van der Waals surface area contributed by atoms with Crippen LogP contribution in [0, 0.1) is 0 Å². The van der Waals surface area contributed by atoms with Crippen molar-refractivity contribution in [1.82, 2.24) is 20.3 Å². The van der Waals surface area contributed by atoms with Crippen LogP contribution in [-0.4, -0.2) is 27.9 Å². The molecule has 1 amide bonds. The molecule has 0 aliphatic carbocycles. The summed E-state index contributed by atoms with van der Waals surface area (Å²) < 4.78 is 38.2. The smallest absolute Gasteiger partial charge is 0.359 e. The van der Waals surface area contributed by atoms with E-state index in [-0.39, 0.29) is 34.6 Å². The van der Waals surface area contributed by atoms with Crippen LogP contribution in [0.4, 0.5) is 13.2 Å². The largest absolute Gasteiger partial charge is 0.416 e. The third-order valence-electron chi connectivity index (χ3n) is 4.05. The summed E-state index contributed by atoms with van der Waals surface area (Å²) >= 11 is 6.21. The fraction of sp³-hybridized carbons (Fsp3) is 0.158. The number of hydrogen-bond acceptors (Lipinski definition) is 4. The molecule has 0 aliphatic rings. The number of nitrogens with one attached hydrogen (secondary N) is 2. The first-order valence-electron chi connectivity index (χ1n) is 8.33. The Balaban J connectivity index is 2.03. The van der Waals surface area contributed by atoms with Crippen LogP contribution in [0.2, 0.25) is 5.02 Å². The number of carbonyl (C=O) groups excluding carboxylic acids is 1. The van der Waals surface area contributed by atoms with Gasteiger partial charge in [-0.15, -0.1) is 0 Å². The molecule has 6 nitrogen and oxygen atoms in total. The van der Waals surface area contributed by atoms with Crippen LogP contribution in [0.3, 0.4) is 0 Å². The number of aromatic amines is 1. The van der Waals surface area contributed by atoms with Crippen molar-refractivity contribution in [2.75, 3.05) is 7.05 Å². The van der Waals surface area contributed by atoms with Gasteiger partial charge in [-0.2, -0.15) is 18.2 Å². The molecule has 0 atom stereocenters. The topological polar surface area (TPSA) is 87.7 Å². The van der Waals surface area contributed by atoms with E-state index in [1.165, 1.54) is 19.2 Å². The summed E-state index contributed by atoms with van der Waals surface area (Å²) in [6, 6.07) is 8.97. The lowest BCUT2D eigenvalue weighted by molar-refractivity contribution is -0.137. The Morgan fingerprint density at radius 2 is 1.83 bits per heavy atom. The maximum absolute atomic E-state index is 12.7. The highest BCUT2D eigenvalue weighted by Crippen LogP contribution is 2.31. The molecule has 2 aromatic carbocycles. The zero-order valence-electron chi connectivity index (χ0n) is 15.0. The van der Waals surface area contributed by atoms with Gasteiger partial charge in [-0.25, -0.2) is 9.78 Å². The second-order valence-corrected chi connectivity index (χ2v) is 6.47. The number of aromatic nitrogens is 3. The maximum atomic E-state index is 12.7. The summed E-state index contributed by atoms with van der Waals surface area (Å²) in [4.78, 5) is 34.0. The van der Waals surface area contributed by atoms with Crippen molar-refractivity contribution in [2.24, 2.45) is 0 Å². The number of likely N-dealkylation sites (N-methyl/N-ethyl adjacent to an activating group) is 1. The lowest BCUT2D eigenvalue weighted by Gasteiger charge is -2.09. The Kier molecular flexibility index (Phi) is 5.69. The predicted molar refractivity (Wildman–Crippen MR) is 101 cm³/mol. The van der Waals surface area contributed by atoms with Gasteiger partial charge in [-0.3, -0.25) is 9.78 Å². The number of carbonyl (C=O) groups is 1. The number of benzene rings is 2. The molecule has 3 aromatic rings. The van der Waals surface area contributed by atoms with Crippen molar-refractivity contribution in [3.8, 4) is 22.8 Å². The fourth-order valence-electron chi connectivity index (χ4n) is 2.59. The minimum Gasteiger partial charge on any atom is -0.359 e. The van der Waals surface area contributed by atoms with Crippen LogP contribution in [0.1, 0.15) is 11.1 Å². The van der Waals surface area contributed by atoms with Gasteiger partial charge in [0.15, 0.2) is 5.82 Å². The Bertz CT molecular complexity index is 1110. The highest BCUT2D eigenvalue weighted by atomic mass is 35.5. The highest BCUT2D eigenvalue weighted by molar-refractivity contribution is 6.33. The van der Waals surface area contributed by atoms with Gasteiger partial charge >= 0.3 is 11.9 Å². The molecule has 0 aliphatic heterocycles. The SMILES string of the molecule is CNC(=O)Cc1ccc(Cl)c(-c2nc(-c3ccc(C(F)(F)F)cc3)nc(=O)[nH]2)c1. The number of amides is 1. The number of rotatable bonds is 4. The number of halogens is 4. The summed E-state index contributed by atoms with van der Waals surface area (Å²) in [7, 11) is 1.51. The van der Waals surface area contributed by atoms with E-state index < -0.39 is 17.4 Å². The van der Waals surface area contributed by atoms with E-state index in [1.807, 2.05) is 0 Å². The van der Waals surface area contributed by atoms with Crippen LogP contribution in [-0.2, 0) is 17.4 Å². The molecule has 0 unspecified atom stereocenters. The van der Waals surface area contributed by atoms with Crippen LogP contribution < -0.4 is 11.0 Å². The van der Waals surface area contributed by atoms with Crippen LogP contribution >= 0.6 is 11.6 Å². The summed E-state index contributed by atoms with van der Waals surface area (Å²) in [5, 5.41) is 2.78. The van der Waals surface area contributed by atoms with Gasteiger partial charge in [0.05, 0.1) is 17.0 Å². The summed E-state index contributed by atoms with van der Waals surface area (Å²) in [5.41, 5.74) is -0.322. The van der Waals surface area contributed by atoms with Gasteiger partial charge in [-0.05, 0) is 29.8 Å². The second kappa shape index (κ2) is 8.04. The van der Waals surface area contributed by atoms with Crippen LogP contribution in [0.15, 0.2) is 47.3 Å². The van der Waals surface area contributed by atoms with Crippen molar-refractivity contribution in [2.45, 2.75) is 12.6 Å². The average Bonchev–Trinajstić information content (AvgIpc) is 2.68. The molecule has 1 heterocycles. The molecular weight excluding hydrogens is 409 g/mol. The first-order chi connectivity index (χ1) is 13.7. The summed E-state index contributed by atoms with van der Waals surface area (Å²) in [5.74, 6) is -0.172. The number of hydrogen-bond donors (Lipinski definition) is 2. The minimum absolute atomic E-state index is 0.0507. The monoisotopic (exact) mass is 422 g/mol. The van der Waals surface area contributed by atoms with E-state index in [2.05, 4.69) is 20.3 Å². The van der Waals surface area contributed by atoms with Gasteiger partial charge in [0.2, 0.25) is 5.91 Å². The van der Waals surface area contributed by atoms with Gasteiger partial charge in [0, 0.05) is 18.2 Å². The molecule has 2 N–H and O–H groups in total. The van der Waals surface area contributed by atoms with E-state index >= 15 is 0 Å². The Labute approximate surface area is 167 Å². The average molecular weight is 423 g/mol. The second-order valence-electron chi connectivity index (χ2n) is 6.07. The van der Waals surface area contributed by atoms with Crippen molar-refractivity contribution in [3.63, 3.8) is 0 Å². The van der Waals surface area contributed by atoms with Crippen molar-refractivity contribution in [3.05, 3.63) is 69.1 Å². The molecule has 0 bridgehead atoms. The first-order valence-corrected chi connectivity index (χ1v) is 8.70. The molecule has 150 valence electrons. The third-order valence-corrected chi connectivity index (χ3v) is 4.38. The summed E-state index contributed by atoms with van der Waals surface area (Å²) in [6.45, 7) is 0. The zero-order chi connectivity index (χ0) is 21.2. The van der Waals surface area contributed by atoms with Gasteiger partial charge in [-0.1, -0.05) is 29.8 Å². The normalized spacial score (nSPS) is 11.3. The van der Waals surface area contributed by atoms with Crippen LogP contribution in [0.25, 0.3) is 22.8 Å². The van der Waals surface area contributed by atoms with E-state index in [4.69, 9.17) is 11.6 Å².